The number of hydrogen-bond donors (Lipinski definition) is 0. The zero-order valence-corrected chi connectivity index (χ0v) is 12.3. The van der Waals surface area contributed by atoms with Crippen molar-refractivity contribution in [2.24, 2.45) is 0 Å². The van der Waals surface area contributed by atoms with Crippen molar-refractivity contribution in [2.45, 2.75) is 13.8 Å². The van der Waals surface area contributed by atoms with Gasteiger partial charge in [-0.15, -0.1) is 24.5 Å². The van der Waals surface area contributed by atoms with Crippen LogP contribution in [0.1, 0.15) is 11.1 Å². The van der Waals surface area contributed by atoms with Gasteiger partial charge >= 0.3 is 0 Å². The number of hydrogen-bond acceptors (Lipinski definition) is 2. The standard InChI is InChI=1S/C8H10.C7H5NS.C2H4/c1-7-5-3-4-6-8(7)2;1-2-4-7-6(3-1)8-5-9-7;1-2/h3-6H,1-2H3;1-5H;1-2H2. The van der Waals surface area contributed by atoms with Gasteiger partial charge in [0.05, 0.1) is 15.7 Å². The molecule has 0 unspecified atom stereocenters. The maximum absolute atomic E-state index is 4.14. The highest BCUT2D eigenvalue weighted by Gasteiger charge is 1.89. The van der Waals surface area contributed by atoms with E-state index >= 15 is 0 Å². The normalized spacial score (nSPS) is 8.95. The minimum atomic E-state index is 1.10. The number of aromatic nitrogens is 1. The van der Waals surface area contributed by atoms with Crippen molar-refractivity contribution in [2.75, 3.05) is 0 Å². The second-order valence-corrected chi connectivity index (χ2v) is 4.79. The van der Waals surface area contributed by atoms with Gasteiger partial charge in [0, 0.05) is 0 Å². The third-order valence-corrected chi connectivity index (χ3v) is 3.47. The van der Waals surface area contributed by atoms with Gasteiger partial charge in [-0.05, 0) is 37.1 Å². The van der Waals surface area contributed by atoms with Crippen LogP contribution in [0.25, 0.3) is 10.2 Å². The topological polar surface area (TPSA) is 12.9 Å². The summed E-state index contributed by atoms with van der Waals surface area (Å²) >= 11 is 1.68. The van der Waals surface area contributed by atoms with Crippen LogP contribution in [-0.2, 0) is 0 Å². The SMILES string of the molecule is C=C.Cc1ccccc1C.c1ccc2scnc2c1. The second kappa shape index (κ2) is 8.22. The van der Waals surface area contributed by atoms with Crippen LogP contribution in [0.3, 0.4) is 0 Å². The van der Waals surface area contributed by atoms with Gasteiger partial charge in [-0.3, -0.25) is 0 Å². The lowest BCUT2D eigenvalue weighted by Gasteiger charge is -1.93. The maximum atomic E-state index is 4.14. The minimum Gasteiger partial charge on any atom is -0.245 e. The molecule has 0 spiro atoms. The molecule has 0 fully saturated rings. The molecular formula is C17H19NS. The molecule has 1 nitrogen and oxygen atoms in total. The summed E-state index contributed by atoms with van der Waals surface area (Å²) in [6, 6.07) is 16.5. The molecule has 0 aliphatic carbocycles. The number of nitrogens with zero attached hydrogens (tertiary/aromatic N) is 1. The number of para-hydroxylation sites is 1. The van der Waals surface area contributed by atoms with Crippen molar-refractivity contribution in [3.63, 3.8) is 0 Å². The molecule has 0 amide bonds. The number of benzene rings is 2. The van der Waals surface area contributed by atoms with E-state index in [4.69, 9.17) is 0 Å². The van der Waals surface area contributed by atoms with E-state index < -0.39 is 0 Å². The molecule has 0 N–H and O–H groups in total. The first kappa shape index (κ1) is 15.1. The van der Waals surface area contributed by atoms with Crippen molar-refractivity contribution in [3.8, 4) is 0 Å². The highest BCUT2D eigenvalue weighted by Crippen LogP contribution is 2.15. The Balaban J connectivity index is 0.000000170. The summed E-state index contributed by atoms with van der Waals surface area (Å²) in [5, 5.41) is 0. The summed E-state index contributed by atoms with van der Waals surface area (Å²) < 4.78 is 1.26. The lowest BCUT2D eigenvalue weighted by Crippen LogP contribution is -1.74. The van der Waals surface area contributed by atoms with Gasteiger partial charge in [-0.25, -0.2) is 4.98 Å². The van der Waals surface area contributed by atoms with Gasteiger partial charge in [0.25, 0.3) is 0 Å². The molecule has 0 saturated carbocycles. The van der Waals surface area contributed by atoms with E-state index in [1.807, 2.05) is 23.7 Å². The highest BCUT2D eigenvalue weighted by atomic mass is 32.1. The zero-order valence-electron chi connectivity index (χ0n) is 11.5. The third kappa shape index (κ3) is 4.68. The molecule has 0 aliphatic rings. The van der Waals surface area contributed by atoms with Gasteiger partial charge < -0.3 is 0 Å². The van der Waals surface area contributed by atoms with Crippen molar-refractivity contribution >= 4 is 21.6 Å². The first-order chi connectivity index (χ1) is 9.27. The molecule has 0 bridgehead atoms. The average Bonchev–Trinajstić information content (AvgIpc) is 2.93. The summed E-state index contributed by atoms with van der Waals surface area (Å²) in [5.41, 5.74) is 5.70. The van der Waals surface area contributed by atoms with E-state index in [2.05, 4.69) is 62.3 Å². The van der Waals surface area contributed by atoms with Crippen LogP contribution in [0.2, 0.25) is 0 Å². The summed E-state index contributed by atoms with van der Waals surface area (Å²) in [6.07, 6.45) is 0. The van der Waals surface area contributed by atoms with Crippen molar-refractivity contribution in [1.82, 2.24) is 4.98 Å². The van der Waals surface area contributed by atoms with E-state index in [0.717, 1.165) is 5.52 Å². The van der Waals surface area contributed by atoms with Crippen LogP contribution in [0.4, 0.5) is 0 Å². The molecule has 98 valence electrons. The van der Waals surface area contributed by atoms with Gasteiger partial charge in [0.1, 0.15) is 0 Å². The van der Waals surface area contributed by atoms with Crippen LogP contribution in [0.5, 0.6) is 0 Å². The molecule has 2 aromatic carbocycles. The Morgan fingerprint density at radius 3 is 1.89 bits per heavy atom. The van der Waals surface area contributed by atoms with E-state index in [0.29, 0.717) is 0 Å². The van der Waals surface area contributed by atoms with Crippen LogP contribution in [0.15, 0.2) is 67.2 Å². The second-order valence-electron chi connectivity index (χ2n) is 3.90. The number of fused-ring (bicyclic) bond motifs is 1. The predicted molar refractivity (Wildman–Crippen MR) is 86.8 cm³/mol. The largest absolute Gasteiger partial charge is 0.245 e. The molecular weight excluding hydrogens is 250 g/mol. The monoisotopic (exact) mass is 269 g/mol. The Bertz CT molecular complexity index is 562. The fourth-order valence-corrected chi connectivity index (χ4v) is 2.14. The van der Waals surface area contributed by atoms with Crippen LogP contribution in [-0.4, -0.2) is 4.98 Å². The lowest BCUT2D eigenvalue weighted by molar-refractivity contribution is 1.34. The molecule has 3 rings (SSSR count). The van der Waals surface area contributed by atoms with Crippen LogP contribution < -0.4 is 0 Å². The number of thiazole rings is 1. The maximum Gasteiger partial charge on any atom is 0.0812 e. The molecule has 0 atom stereocenters. The molecule has 1 heterocycles. The van der Waals surface area contributed by atoms with Gasteiger partial charge in [0.15, 0.2) is 0 Å². The van der Waals surface area contributed by atoms with Crippen molar-refractivity contribution < 1.29 is 0 Å². The minimum absolute atomic E-state index is 1.10. The molecule has 2 heteroatoms. The first-order valence-corrected chi connectivity index (χ1v) is 6.96. The Labute approximate surface area is 119 Å². The summed E-state index contributed by atoms with van der Waals surface area (Å²) in [5.74, 6) is 0. The lowest BCUT2D eigenvalue weighted by atomic mass is 10.1. The Hall–Kier alpha value is -1.93. The Morgan fingerprint density at radius 2 is 1.37 bits per heavy atom. The van der Waals surface area contributed by atoms with Gasteiger partial charge in [-0.2, -0.15) is 0 Å². The molecule has 19 heavy (non-hydrogen) atoms. The smallest absolute Gasteiger partial charge is 0.0812 e. The van der Waals surface area contributed by atoms with E-state index in [9.17, 15) is 0 Å². The predicted octanol–water partition coefficient (Wildman–Crippen LogP) is 5.40. The van der Waals surface area contributed by atoms with E-state index in [1.54, 1.807) is 11.3 Å². The Morgan fingerprint density at radius 1 is 0.842 bits per heavy atom. The van der Waals surface area contributed by atoms with Crippen molar-refractivity contribution in [1.29, 1.82) is 0 Å². The average molecular weight is 269 g/mol. The fourth-order valence-electron chi connectivity index (χ4n) is 1.47. The third-order valence-electron chi connectivity index (χ3n) is 2.66. The highest BCUT2D eigenvalue weighted by molar-refractivity contribution is 7.16. The number of aryl methyl sites for hydroxylation is 2. The van der Waals surface area contributed by atoms with Gasteiger partial charge in [0.2, 0.25) is 0 Å². The summed E-state index contributed by atoms with van der Waals surface area (Å²) in [6.45, 7) is 10.2. The van der Waals surface area contributed by atoms with Gasteiger partial charge in [-0.1, -0.05) is 36.4 Å². The quantitative estimate of drug-likeness (QED) is 0.498. The number of rotatable bonds is 0. The summed E-state index contributed by atoms with van der Waals surface area (Å²) in [7, 11) is 0. The molecule has 3 aromatic rings. The Kier molecular flexibility index (Phi) is 6.55. The molecule has 0 radical (unpaired) electrons. The molecule has 1 aromatic heterocycles. The van der Waals surface area contributed by atoms with Crippen LogP contribution >= 0.6 is 11.3 Å². The molecule has 0 aliphatic heterocycles. The first-order valence-electron chi connectivity index (χ1n) is 6.08. The van der Waals surface area contributed by atoms with E-state index in [1.165, 1.54) is 15.8 Å². The fraction of sp³-hybridized carbons (Fsp3) is 0.118. The zero-order chi connectivity index (χ0) is 14.1. The van der Waals surface area contributed by atoms with E-state index in [-0.39, 0.29) is 0 Å². The molecule has 0 saturated heterocycles. The summed E-state index contributed by atoms with van der Waals surface area (Å²) in [4.78, 5) is 4.14. The van der Waals surface area contributed by atoms with Crippen LogP contribution in [0, 0.1) is 13.8 Å². The van der Waals surface area contributed by atoms with Crippen molar-refractivity contribution in [3.05, 3.63) is 78.3 Å².